The molecule has 0 bridgehead atoms. The number of thiophene rings is 1. The van der Waals surface area contributed by atoms with E-state index < -0.39 is 6.04 Å². The Morgan fingerprint density at radius 2 is 1.95 bits per heavy atom. The van der Waals surface area contributed by atoms with E-state index in [9.17, 15) is 9.59 Å². The van der Waals surface area contributed by atoms with E-state index in [4.69, 9.17) is 13.9 Å². The normalized spacial score (nSPS) is 15.7. The van der Waals surface area contributed by atoms with Crippen molar-refractivity contribution < 1.29 is 23.5 Å². The topological polar surface area (TPSA) is 125 Å². The van der Waals surface area contributed by atoms with Crippen molar-refractivity contribution in [3.63, 3.8) is 0 Å². The molecule has 0 radical (unpaired) electrons. The summed E-state index contributed by atoms with van der Waals surface area (Å²) in [4.78, 5) is 31.3. The maximum Gasteiger partial charge on any atom is 0.251 e. The highest BCUT2D eigenvalue weighted by Gasteiger charge is 2.36. The van der Waals surface area contributed by atoms with Crippen LogP contribution in [0.1, 0.15) is 42.4 Å². The number of nitrogens with zero attached hydrogens (tertiary/aromatic N) is 5. The van der Waals surface area contributed by atoms with Crippen LogP contribution in [0.25, 0.3) is 11.6 Å². The molecule has 1 aliphatic carbocycles. The molecule has 3 aromatic heterocycles. The molecule has 0 unspecified atom stereocenters. The summed E-state index contributed by atoms with van der Waals surface area (Å²) >= 11 is 1.42. The summed E-state index contributed by atoms with van der Waals surface area (Å²) in [5.74, 6) is 1.95. The van der Waals surface area contributed by atoms with E-state index >= 15 is 0 Å². The van der Waals surface area contributed by atoms with E-state index in [1.54, 1.807) is 30.3 Å². The van der Waals surface area contributed by atoms with Gasteiger partial charge in [0, 0.05) is 22.7 Å². The average Bonchev–Trinajstić information content (AvgIpc) is 3.76. The summed E-state index contributed by atoms with van der Waals surface area (Å²) in [6.45, 7) is 2.44. The number of anilines is 1. The quantitative estimate of drug-likeness (QED) is 0.352. The minimum Gasteiger partial charge on any atom is -0.486 e. The number of benzene rings is 1. The molecular weight excluding hydrogens is 520 g/mol. The Balaban J connectivity index is 1.35. The zero-order valence-electron chi connectivity index (χ0n) is 21.4. The summed E-state index contributed by atoms with van der Waals surface area (Å²) in [5, 5.41) is 17.5. The molecule has 2 aliphatic rings. The number of ether oxygens (including phenoxy) is 2. The van der Waals surface area contributed by atoms with Gasteiger partial charge in [-0.15, -0.1) is 21.5 Å². The molecule has 1 saturated carbocycles. The Morgan fingerprint density at radius 3 is 2.69 bits per heavy atom. The lowest BCUT2D eigenvalue weighted by atomic mass is 10.1. The summed E-state index contributed by atoms with van der Waals surface area (Å²) < 4.78 is 17.1. The van der Waals surface area contributed by atoms with E-state index in [0.29, 0.717) is 41.9 Å². The van der Waals surface area contributed by atoms with Crippen LogP contribution in [0.2, 0.25) is 0 Å². The molecule has 12 heteroatoms. The Bertz CT molecular complexity index is 1460. The summed E-state index contributed by atoms with van der Waals surface area (Å²) in [7, 11) is 0. The van der Waals surface area contributed by atoms with Gasteiger partial charge >= 0.3 is 0 Å². The predicted molar refractivity (Wildman–Crippen MR) is 143 cm³/mol. The van der Waals surface area contributed by atoms with E-state index in [-0.39, 0.29) is 30.2 Å². The Labute approximate surface area is 228 Å². The molecule has 1 N–H and O–H groups in total. The molecule has 1 aliphatic heterocycles. The molecule has 2 amide bonds. The van der Waals surface area contributed by atoms with E-state index in [2.05, 4.69) is 20.7 Å². The molecule has 0 spiro atoms. The molecule has 1 fully saturated rings. The van der Waals surface area contributed by atoms with E-state index in [0.717, 1.165) is 30.6 Å². The lowest BCUT2D eigenvalue weighted by Gasteiger charge is -2.32. The monoisotopic (exact) mass is 548 g/mol. The van der Waals surface area contributed by atoms with Crippen LogP contribution in [0.15, 0.2) is 52.3 Å². The van der Waals surface area contributed by atoms with Crippen LogP contribution >= 0.6 is 11.3 Å². The molecule has 4 heterocycles. The standard InChI is InChI=1S/C27H28N6O5S/c1-17-8-10-21(38-17)26-29-31-32(30-26)16-24(34)33(19-9-11-20-22(15-19)37-13-12-36-20)25(23-7-4-14-39-23)27(35)28-18-5-2-3-6-18/h4,7-11,14-15,18,25H,2-3,5-6,12-13,16H2,1H3,(H,28,35)/t25-/m0/s1. The number of rotatable bonds is 8. The van der Waals surface area contributed by atoms with E-state index in [1.165, 1.54) is 21.0 Å². The van der Waals surface area contributed by atoms with Crippen molar-refractivity contribution in [3.8, 4) is 23.1 Å². The number of fused-ring (bicyclic) bond motifs is 1. The number of nitrogens with one attached hydrogen (secondary N) is 1. The third-order valence-electron chi connectivity index (χ3n) is 6.78. The molecule has 202 valence electrons. The number of carbonyl (C=O) groups is 2. The van der Waals surface area contributed by atoms with Crippen molar-refractivity contribution in [2.75, 3.05) is 18.1 Å². The number of furan rings is 1. The second-order valence-corrected chi connectivity index (χ2v) is 10.5. The van der Waals surface area contributed by atoms with Crippen molar-refractivity contribution in [1.29, 1.82) is 0 Å². The predicted octanol–water partition coefficient (Wildman–Crippen LogP) is 3.91. The van der Waals surface area contributed by atoms with Crippen molar-refractivity contribution in [2.45, 2.75) is 51.2 Å². The lowest BCUT2D eigenvalue weighted by molar-refractivity contribution is -0.127. The fourth-order valence-corrected chi connectivity index (χ4v) is 5.76. The minimum atomic E-state index is -0.892. The van der Waals surface area contributed by atoms with Gasteiger partial charge < -0.3 is 19.2 Å². The SMILES string of the molecule is Cc1ccc(-c2nnn(CC(=O)N(c3ccc4c(c3)OCCO4)[C@H](C(=O)NC3CCCC3)c3cccs3)n2)o1. The fraction of sp³-hybridized carbons (Fsp3) is 0.370. The van der Waals surface area contributed by atoms with Gasteiger partial charge in [-0.3, -0.25) is 14.5 Å². The van der Waals surface area contributed by atoms with Gasteiger partial charge in [-0.1, -0.05) is 18.9 Å². The number of aryl methyl sites for hydroxylation is 1. The van der Waals surface area contributed by atoms with Gasteiger partial charge in [-0.2, -0.15) is 4.80 Å². The van der Waals surface area contributed by atoms with Crippen LogP contribution in [0.3, 0.4) is 0 Å². The number of carbonyl (C=O) groups excluding carboxylic acids is 2. The van der Waals surface area contributed by atoms with Gasteiger partial charge in [-0.05, 0) is 60.7 Å². The molecule has 0 saturated heterocycles. The first-order chi connectivity index (χ1) is 19.0. The highest BCUT2D eigenvalue weighted by atomic mass is 32.1. The maximum absolute atomic E-state index is 14.0. The summed E-state index contributed by atoms with van der Waals surface area (Å²) in [5.41, 5.74) is 0.506. The minimum absolute atomic E-state index is 0.0912. The Hall–Kier alpha value is -4.19. The third kappa shape index (κ3) is 5.37. The van der Waals surface area contributed by atoms with Crippen LogP contribution in [0, 0.1) is 6.92 Å². The summed E-state index contributed by atoms with van der Waals surface area (Å²) in [6.07, 6.45) is 4.02. The molecule has 39 heavy (non-hydrogen) atoms. The lowest BCUT2D eigenvalue weighted by Crippen LogP contribution is -2.47. The number of hydrogen-bond donors (Lipinski definition) is 1. The van der Waals surface area contributed by atoms with Crippen LogP contribution in [-0.2, 0) is 16.1 Å². The highest BCUT2D eigenvalue weighted by Crippen LogP contribution is 2.38. The number of tetrazole rings is 1. The van der Waals surface area contributed by atoms with Gasteiger partial charge in [0.15, 0.2) is 17.3 Å². The summed E-state index contributed by atoms with van der Waals surface area (Å²) in [6, 6.07) is 11.8. The maximum atomic E-state index is 14.0. The number of aromatic nitrogens is 4. The van der Waals surface area contributed by atoms with Gasteiger partial charge in [0.1, 0.15) is 31.6 Å². The van der Waals surface area contributed by atoms with Gasteiger partial charge in [0.25, 0.3) is 5.91 Å². The van der Waals surface area contributed by atoms with Crippen LogP contribution in [0.4, 0.5) is 5.69 Å². The van der Waals surface area contributed by atoms with Gasteiger partial charge in [0.05, 0.1) is 0 Å². The molecule has 6 rings (SSSR count). The highest BCUT2D eigenvalue weighted by molar-refractivity contribution is 7.10. The molecule has 1 atom stereocenters. The molecule has 1 aromatic carbocycles. The fourth-order valence-electron chi connectivity index (χ4n) is 4.95. The second-order valence-electron chi connectivity index (χ2n) is 9.55. The smallest absolute Gasteiger partial charge is 0.251 e. The number of hydrogen-bond acceptors (Lipinski definition) is 9. The largest absolute Gasteiger partial charge is 0.486 e. The molecular formula is C27H28N6O5S. The van der Waals surface area contributed by atoms with Gasteiger partial charge in [-0.25, -0.2) is 0 Å². The van der Waals surface area contributed by atoms with Crippen molar-refractivity contribution in [1.82, 2.24) is 25.5 Å². The zero-order chi connectivity index (χ0) is 26.8. The third-order valence-corrected chi connectivity index (χ3v) is 7.71. The van der Waals surface area contributed by atoms with Crippen LogP contribution < -0.4 is 19.7 Å². The molecule has 4 aromatic rings. The zero-order valence-corrected chi connectivity index (χ0v) is 22.2. The van der Waals surface area contributed by atoms with E-state index in [1.807, 2.05) is 24.4 Å². The Morgan fingerprint density at radius 1 is 1.13 bits per heavy atom. The first-order valence-corrected chi connectivity index (χ1v) is 13.8. The van der Waals surface area contributed by atoms with Crippen molar-refractivity contribution in [2.24, 2.45) is 0 Å². The van der Waals surface area contributed by atoms with Crippen molar-refractivity contribution in [3.05, 3.63) is 58.5 Å². The van der Waals surface area contributed by atoms with Crippen molar-refractivity contribution >= 4 is 28.8 Å². The first-order valence-electron chi connectivity index (χ1n) is 13.0. The van der Waals surface area contributed by atoms with Crippen LogP contribution in [-0.4, -0.2) is 51.3 Å². The van der Waals surface area contributed by atoms with Gasteiger partial charge in [0.2, 0.25) is 11.7 Å². The average molecular weight is 549 g/mol. The Kier molecular flexibility index (Phi) is 7.01. The first kappa shape index (κ1) is 25.1. The second kappa shape index (κ2) is 10.9. The van der Waals surface area contributed by atoms with Crippen LogP contribution in [0.5, 0.6) is 11.5 Å². The molecule has 11 nitrogen and oxygen atoms in total. The number of amides is 2.